The molecule has 0 aliphatic heterocycles. The monoisotopic (exact) mass is 468 g/mol. The minimum absolute atomic E-state index is 0.0234. The number of amides is 1. The summed E-state index contributed by atoms with van der Waals surface area (Å²) in [5, 5.41) is 4.10. The summed E-state index contributed by atoms with van der Waals surface area (Å²) < 4.78 is 4.16. The van der Waals surface area contributed by atoms with E-state index in [-0.39, 0.29) is 5.91 Å². The van der Waals surface area contributed by atoms with E-state index in [1.165, 1.54) is 0 Å². The molecule has 3 aromatic rings. The lowest BCUT2D eigenvalue weighted by Gasteiger charge is -2.10. The zero-order valence-electron chi connectivity index (χ0n) is 11.9. The van der Waals surface area contributed by atoms with Crippen molar-refractivity contribution in [3.8, 4) is 0 Å². The zero-order valence-corrected chi connectivity index (χ0v) is 15.7. The maximum absolute atomic E-state index is 12.3. The molecule has 0 spiro atoms. The molecule has 3 rings (SSSR count). The van der Waals surface area contributed by atoms with Crippen LogP contribution in [-0.2, 0) is 11.3 Å². The lowest BCUT2D eigenvalue weighted by molar-refractivity contribution is -0.116. The average Bonchev–Trinajstić information content (AvgIpc) is 2.84. The third-order valence-corrected chi connectivity index (χ3v) is 4.67. The lowest BCUT2D eigenvalue weighted by Crippen LogP contribution is -2.18. The molecule has 0 atom stereocenters. The van der Waals surface area contributed by atoms with E-state index in [9.17, 15) is 4.79 Å². The Labute approximate surface area is 151 Å². The first-order chi connectivity index (χ1) is 10.5. The number of rotatable bonds is 3. The van der Waals surface area contributed by atoms with Crippen molar-refractivity contribution in [1.82, 2.24) is 4.57 Å². The highest BCUT2D eigenvalue weighted by Gasteiger charge is 2.08. The molecule has 0 aliphatic rings. The van der Waals surface area contributed by atoms with Crippen LogP contribution < -0.4 is 5.32 Å². The van der Waals surface area contributed by atoms with Gasteiger partial charge in [-0.2, -0.15) is 0 Å². The standard InChI is InChI=1S/C17H14BrIN2O/c1-11-8-14(19)3-4-15(11)20-17(22)10-21-7-6-12-9-13(18)2-5-16(12)21/h2-9H,10H2,1H3,(H,20,22). The Morgan fingerprint density at radius 1 is 1.23 bits per heavy atom. The van der Waals surface area contributed by atoms with Crippen LogP contribution in [0.25, 0.3) is 10.9 Å². The minimum atomic E-state index is -0.0234. The number of halogens is 2. The summed E-state index contributed by atoms with van der Waals surface area (Å²) in [5.41, 5.74) is 2.99. The van der Waals surface area contributed by atoms with Gasteiger partial charge in [0.1, 0.15) is 6.54 Å². The summed E-state index contributed by atoms with van der Waals surface area (Å²) in [4.78, 5) is 12.3. The number of aryl methyl sites for hydroxylation is 1. The third-order valence-electron chi connectivity index (χ3n) is 3.51. The summed E-state index contributed by atoms with van der Waals surface area (Å²) in [5.74, 6) is -0.0234. The van der Waals surface area contributed by atoms with E-state index in [0.717, 1.165) is 30.2 Å². The fourth-order valence-corrected chi connectivity index (χ4v) is 3.45. The number of carbonyl (C=O) groups excluding carboxylic acids is 1. The normalized spacial score (nSPS) is 10.9. The maximum Gasteiger partial charge on any atom is 0.244 e. The molecule has 0 bridgehead atoms. The molecule has 1 N–H and O–H groups in total. The van der Waals surface area contributed by atoms with Gasteiger partial charge in [0, 0.05) is 30.8 Å². The van der Waals surface area contributed by atoms with Crippen molar-refractivity contribution in [2.45, 2.75) is 13.5 Å². The summed E-state index contributed by atoms with van der Waals surface area (Å²) in [6.45, 7) is 2.30. The quantitative estimate of drug-likeness (QED) is 0.542. The number of hydrogen-bond acceptors (Lipinski definition) is 1. The largest absolute Gasteiger partial charge is 0.338 e. The van der Waals surface area contributed by atoms with Crippen molar-refractivity contribution in [3.63, 3.8) is 0 Å². The van der Waals surface area contributed by atoms with E-state index in [1.54, 1.807) is 0 Å². The van der Waals surface area contributed by atoms with E-state index >= 15 is 0 Å². The molecule has 0 radical (unpaired) electrons. The first kappa shape index (κ1) is 15.6. The van der Waals surface area contributed by atoms with Gasteiger partial charge in [0.15, 0.2) is 0 Å². The van der Waals surface area contributed by atoms with Crippen molar-refractivity contribution < 1.29 is 4.79 Å². The van der Waals surface area contributed by atoms with Crippen LogP contribution in [0.1, 0.15) is 5.56 Å². The predicted octanol–water partition coefficient (Wildman–Crippen LogP) is 4.96. The van der Waals surface area contributed by atoms with E-state index < -0.39 is 0 Å². The SMILES string of the molecule is Cc1cc(I)ccc1NC(=O)Cn1ccc2cc(Br)ccc21. The smallest absolute Gasteiger partial charge is 0.244 e. The van der Waals surface area contributed by atoms with Crippen LogP contribution in [0.5, 0.6) is 0 Å². The number of aromatic nitrogens is 1. The maximum atomic E-state index is 12.3. The molecule has 1 aromatic heterocycles. The number of nitrogens with zero attached hydrogens (tertiary/aromatic N) is 1. The van der Waals surface area contributed by atoms with Gasteiger partial charge in [-0.1, -0.05) is 15.9 Å². The van der Waals surface area contributed by atoms with Crippen LogP contribution in [-0.4, -0.2) is 10.5 Å². The van der Waals surface area contributed by atoms with Crippen LogP contribution in [0.15, 0.2) is 53.1 Å². The first-order valence-electron chi connectivity index (χ1n) is 6.83. The van der Waals surface area contributed by atoms with Crippen molar-refractivity contribution in [3.05, 3.63) is 62.3 Å². The molecule has 1 amide bonds. The van der Waals surface area contributed by atoms with E-state index in [0.29, 0.717) is 6.54 Å². The van der Waals surface area contributed by atoms with Crippen LogP contribution in [0, 0.1) is 10.5 Å². The minimum Gasteiger partial charge on any atom is -0.338 e. The van der Waals surface area contributed by atoms with Crippen LogP contribution in [0.4, 0.5) is 5.69 Å². The molecule has 0 unspecified atom stereocenters. The molecule has 0 saturated carbocycles. The number of hydrogen-bond donors (Lipinski definition) is 1. The third kappa shape index (κ3) is 3.35. The molecule has 22 heavy (non-hydrogen) atoms. The van der Waals surface area contributed by atoms with E-state index in [4.69, 9.17) is 0 Å². The van der Waals surface area contributed by atoms with Crippen LogP contribution in [0.2, 0.25) is 0 Å². The fraction of sp³-hybridized carbons (Fsp3) is 0.118. The van der Waals surface area contributed by atoms with Crippen molar-refractivity contribution >= 4 is 61.0 Å². The predicted molar refractivity (Wildman–Crippen MR) is 102 cm³/mol. The highest BCUT2D eigenvalue weighted by atomic mass is 127. The highest BCUT2D eigenvalue weighted by molar-refractivity contribution is 14.1. The van der Waals surface area contributed by atoms with Gasteiger partial charge in [-0.15, -0.1) is 0 Å². The topological polar surface area (TPSA) is 34.0 Å². The number of benzene rings is 2. The molecule has 5 heteroatoms. The first-order valence-corrected chi connectivity index (χ1v) is 8.70. The van der Waals surface area contributed by atoms with Crippen molar-refractivity contribution in [2.24, 2.45) is 0 Å². The Kier molecular flexibility index (Phi) is 4.54. The molecule has 1 heterocycles. The van der Waals surface area contributed by atoms with Gasteiger partial charge >= 0.3 is 0 Å². The number of fused-ring (bicyclic) bond motifs is 1. The number of anilines is 1. The molecular formula is C17H14BrIN2O. The number of carbonyl (C=O) groups is 1. The zero-order chi connectivity index (χ0) is 15.7. The van der Waals surface area contributed by atoms with Crippen molar-refractivity contribution in [2.75, 3.05) is 5.32 Å². The Balaban J connectivity index is 1.78. The molecule has 0 saturated heterocycles. The van der Waals surface area contributed by atoms with Gasteiger partial charge in [0.25, 0.3) is 0 Å². The van der Waals surface area contributed by atoms with Crippen molar-refractivity contribution in [1.29, 1.82) is 0 Å². The van der Waals surface area contributed by atoms with Gasteiger partial charge in [-0.25, -0.2) is 0 Å². The second-order valence-electron chi connectivity index (χ2n) is 5.15. The highest BCUT2D eigenvalue weighted by Crippen LogP contribution is 2.21. The lowest BCUT2D eigenvalue weighted by atomic mass is 10.2. The molecule has 2 aromatic carbocycles. The second-order valence-corrected chi connectivity index (χ2v) is 7.32. The van der Waals surface area contributed by atoms with Gasteiger partial charge in [-0.05, 0) is 77.5 Å². The summed E-state index contributed by atoms with van der Waals surface area (Å²) in [6.07, 6.45) is 1.94. The summed E-state index contributed by atoms with van der Waals surface area (Å²) in [6, 6.07) is 14.1. The van der Waals surface area contributed by atoms with Gasteiger partial charge in [0.05, 0.1) is 0 Å². The van der Waals surface area contributed by atoms with E-state index in [2.05, 4.69) is 49.9 Å². The van der Waals surface area contributed by atoms with Gasteiger partial charge in [0.2, 0.25) is 5.91 Å². The Hall–Kier alpha value is -1.34. The number of nitrogens with one attached hydrogen (secondary N) is 1. The van der Waals surface area contributed by atoms with E-state index in [1.807, 2.05) is 54.1 Å². The Morgan fingerprint density at radius 2 is 2.05 bits per heavy atom. The summed E-state index contributed by atoms with van der Waals surface area (Å²) >= 11 is 5.73. The molecule has 0 aliphatic carbocycles. The summed E-state index contributed by atoms with van der Waals surface area (Å²) in [7, 11) is 0. The molecule has 3 nitrogen and oxygen atoms in total. The van der Waals surface area contributed by atoms with Crippen LogP contribution >= 0.6 is 38.5 Å². The Morgan fingerprint density at radius 3 is 2.82 bits per heavy atom. The Bertz CT molecular complexity index is 857. The second kappa shape index (κ2) is 6.42. The fourth-order valence-electron chi connectivity index (χ4n) is 2.42. The average molecular weight is 469 g/mol. The van der Waals surface area contributed by atoms with Crippen LogP contribution in [0.3, 0.4) is 0 Å². The molecule has 0 fully saturated rings. The van der Waals surface area contributed by atoms with Gasteiger partial charge in [-0.3, -0.25) is 4.79 Å². The van der Waals surface area contributed by atoms with Gasteiger partial charge < -0.3 is 9.88 Å². The molecule has 112 valence electrons. The molecular weight excluding hydrogens is 455 g/mol.